The van der Waals surface area contributed by atoms with Crippen LogP contribution in [0.2, 0.25) is 0 Å². The Morgan fingerprint density at radius 3 is 1.91 bits per heavy atom. The molecule has 180 valence electrons. The number of hydrogen-bond donors (Lipinski definition) is 1. The molecule has 3 rings (SSSR count). The summed E-state index contributed by atoms with van der Waals surface area (Å²) < 4.78 is 0. The summed E-state index contributed by atoms with van der Waals surface area (Å²) in [7, 11) is 0. The second-order valence-corrected chi connectivity index (χ2v) is 9.03. The molecule has 0 saturated heterocycles. The topological polar surface area (TPSA) is 31.4 Å². The molecule has 34 heavy (non-hydrogen) atoms. The van der Waals surface area contributed by atoms with Crippen molar-refractivity contribution in [1.29, 1.82) is 0 Å². The van der Waals surface area contributed by atoms with Crippen LogP contribution in [0, 0.1) is 0 Å². The number of anilines is 2. The lowest BCUT2D eigenvalue weighted by Crippen LogP contribution is -2.42. The number of thiocarbonyl (C=S) groups is 1. The van der Waals surface area contributed by atoms with E-state index in [9.17, 15) is 0 Å². The Bertz CT molecular complexity index is 950. The van der Waals surface area contributed by atoms with E-state index in [1.165, 1.54) is 11.4 Å². The normalized spacial score (nSPS) is 11.6. The van der Waals surface area contributed by atoms with Gasteiger partial charge in [0.1, 0.15) is 0 Å². The summed E-state index contributed by atoms with van der Waals surface area (Å²) in [4.78, 5) is 10.4. The predicted molar refractivity (Wildman–Crippen MR) is 150 cm³/mol. The third-order valence-electron chi connectivity index (χ3n) is 6.01. The number of nitrogens with zero attached hydrogens (tertiary/aromatic N) is 3. The molecule has 0 amide bonds. The Morgan fingerprint density at radius 1 is 0.794 bits per heavy atom. The summed E-state index contributed by atoms with van der Waals surface area (Å²) in [6.45, 7) is 7.95. The standard InChI is InChI=1S/C29H38N4S/c1-3-5-21-32(25-15-9-7-10-16-25)23-27(28-19-13-14-20-30-28)29(34)31-24-33(22-6-4-2)26-17-11-8-12-18-26/h7-20,27H,3-6,21-24H2,1-2H3,(H,31,34). The molecule has 1 atom stereocenters. The smallest absolute Gasteiger partial charge is 0.0880 e. The van der Waals surface area contributed by atoms with E-state index in [4.69, 9.17) is 17.2 Å². The van der Waals surface area contributed by atoms with E-state index in [1.807, 2.05) is 18.3 Å². The zero-order valence-electron chi connectivity index (χ0n) is 20.6. The van der Waals surface area contributed by atoms with Crippen LogP contribution in [-0.4, -0.2) is 36.3 Å². The number of pyridine rings is 1. The third kappa shape index (κ3) is 7.84. The van der Waals surface area contributed by atoms with Crippen LogP contribution in [0.5, 0.6) is 0 Å². The van der Waals surface area contributed by atoms with Crippen molar-refractivity contribution in [3.63, 3.8) is 0 Å². The number of nitrogens with one attached hydrogen (secondary N) is 1. The van der Waals surface area contributed by atoms with Crippen LogP contribution in [0.1, 0.15) is 51.1 Å². The molecule has 3 aromatic rings. The molecular formula is C29H38N4S. The van der Waals surface area contributed by atoms with Crippen LogP contribution < -0.4 is 15.1 Å². The van der Waals surface area contributed by atoms with E-state index < -0.39 is 0 Å². The SMILES string of the molecule is CCCCN(CNC(=S)C(CN(CCCC)c1ccccc1)c1ccccn1)c1ccccc1. The van der Waals surface area contributed by atoms with Gasteiger partial charge in [-0.3, -0.25) is 4.98 Å². The average molecular weight is 475 g/mol. The fraction of sp³-hybridized carbons (Fsp3) is 0.379. The van der Waals surface area contributed by atoms with Gasteiger partial charge in [-0.1, -0.05) is 81.4 Å². The van der Waals surface area contributed by atoms with Gasteiger partial charge in [-0.15, -0.1) is 0 Å². The van der Waals surface area contributed by atoms with Crippen molar-refractivity contribution in [2.75, 3.05) is 36.1 Å². The maximum atomic E-state index is 6.01. The molecule has 0 saturated carbocycles. The molecule has 0 aliphatic heterocycles. The molecule has 4 nitrogen and oxygen atoms in total. The van der Waals surface area contributed by atoms with E-state index in [2.05, 4.69) is 95.7 Å². The van der Waals surface area contributed by atoms with Crippen molar-refractivity contribution < 1.29 is 0 Å². The molecule has 2 aromatic carbocycles. The molecule has 0 fully saturated rings. The number of aromatic nitrogens is 1. The predicted octanol–water partition coefficient (Wildman–Crippen LogP) is 6.65. The maximum absolute atomic E-state index is 6.01. The summed E-state index contributed by atoms with van der Waals surface area (Å²) in [6, 6.07) is 27.3. The van der Waals surface area contributed by atoms with Crippen molar-refractivity contribution in [1.82, 2.24) is 10.3 Å². The zero-order chi connectivity index (χ0) is 24.0. The van der Waals surface area contributed by atoms with Gasteiger partial charge in [-0.2, -0.15) is 0 Å². The first-order valence-corrected chi connectivity index (χ1v) is 12.9. The second-order valence-electron chi connectivity index (χ2n) is 8.59. The highest BCUT2D eigenvalue weighted by Gasteiger charge is 2.22. The number of rotatable bonds is 14. The fourth-order valence-electron chi connectivity index (χ4n) is 4.01. The van der Waals surface area contributed by atoms with Crippen LogP contribution in [-0.2, 0) is 0 Å². The van der Waals surface area contributed by atoms with Crippen LogP contribution in [0.15, 0.2) is 85.1 Å². The quantitative estimate of drug-likeness (QED) is 0.209. The van der Waals surface area contributed by atoms with Gasteiger partial charge in [0.2, 0.25) is 0 Å². The summed E-state index contributed by atoms with van der Waals surface area (Å²) >= 11 is 6.01. The summed E-state index contributed by atoms with van der Waals surface area (Å²) in [5, 5.41) is 3.59. The number of hydrogen-bond acceptors (Lipinski definition) is 4. The summed E-state index contributed by atoms with van der Waals surface area (Å²) in [5.41, 5.74) is 3.46. The van der Waals surface area contributed by atoms with Crippen LogP contribution in [0.3, 0.4) is 0 Å². The molecule has 1 N–H and O–H groups in total. The largest absolute Gasteiger partial charge is 0.370 e. The van der Waals surface area contributed by atoms with Crippen molar-refractivity contribution in [2.24, 2.45) is 0 Å². The Balaban J connectivity index is 1.78. The van der Waals surface area contributed by atoms with E-state index in [0.29, 0.717) is 6.67 Å². The van der Waals surface area contributed by atoms with Crippen LogP contribution >= 0.6 is 12.2 Å². The van der Waals surface area contributed by atoms with Gasteiger partial charge in [-0.25, -0.2) is 0 Å². The van der Waals surface area contributed by atoms with Gasteiger partial charge in [0, 0.05) is 37.2 Å². The molecular weight excluding hydrogens is 436 g/mol. The highest BCUT2D eigenvalue weighted by atomic mass is 32.1. The maximum Gasteiger partial charge on any atom is 0.0880 e. The minimum Gasteiger partial charge on any atom is -0.370 e. The van der Waals surface area contributed by atoms with Gasteiger partial charge >= 0.3 is 0 Å². The molecule has 0 radical (unpaired) electrons. The van der Waals surface area contributed by atoms with E-state index in [-0.39, 0.29) is 5.92 Å². The highest BCUT2D eigenvalue weighted by Crippen LogP contribution is 2.22. The van der Waals surface area contributed by atoms with Crippen molar-refractivity contribution in [3.05, 3.63) is 90.8 Å². The Labute approximate surface area is 211 Å². The summed E-state index contributed by atoms with van der Waals surface area (Å²) in [6.07, 6.45) is 6.47. The Morgan fingerprint density at radius 2 is 1.35 bits per heavy atom. The van der Waals surface area contributed by atoms with Crippen LogP contribution in [0.25, 0.3) is 0 Å². The molecule has 0 aliphatic rings. The van der Waals surface area contributed by atoms with Gasteiger partial charge < -0.3 is 15.1 Å². The molecule has 0 spiro atoms. The lowest BCUT2D eigenvalue weighted by molar-refractivity contribution is 0.668. The molecule has 1 heterocycles. The van der Waals surface area contributed by atoms with Gasteiger partial charge in [-0.05, 0) is 49.2 Å². The average Bonchev–Trinajstić information content (AvgIpc) is 2.90. The molecule has 1 unspecified atom stereocenters. The Hall–Kier alpha value is -2.92. The lowest BCUT2D eigenvalue weighted by Gasteiger charge is -2.31. The second kappa shape index (κ2) is 14.4. The fourth-order valence-corrected chi connectivity index (χ4v) is 4.27. The first-order chi connectivity index (χ1) is 16.7. The molecule has 0 bridgehead atoms. The van der Waals surface area contributed by atoms with Gasteiger partial charge in [0.05, 0.1) is 23.3 Å². The van der Waals surface area contributed by atoms with Gasteiger partial charge in [0.25, 0.3) is 0 Å². The number of benzene rings is 2. The summed E-state index contributed by atoms with van der Waals surface area (Å²) in [5.74, 6) is 0.0112. The molecule has 5 heteroatoms. The van der Waals surface area contributed by atoms with E-state index in [0.717, 1.165) is 56.0 Å². The minimum atomic E-state index is 0.0112. The zero-order valence-corrected chi connectivity index (χ0v) is 21.4. The van der Waals surface area contributed by atoms with E-state index >= 15 is 0 Å². The monoisotopic (exact) mass is 474 g/mol. The lowest BCUT2D eigenvalue weighted by atomic mass is 10.0. The number of para-hydroxylation sites is 2. The van der Waals surface area contributed by atoms with Crippen molar-refractivity contribution >= 4 is 28.6 Å². The van der Waals surface area contributed by atoms with Gasteiger partial charge in [0.15, 0.2) is 0 Å². The molecule has 0 aliphatic carbocycles. The first kappa shape index (κ1) is 25.7. The molecule has 1 aromatic heterocycles. The first-order valence-electron chi connectivity index (χ1n) is 12.5. The Kier molecular flexibility index (Phi) is 10.9. The minimum absolute atomic E-state index is 0.0112. The third-order valence-corrected chi connectivity index (χ3v) is 6.44. The number of unbranched alkanes of at least 4 members (excludes halogenated alkanes) is 2. The van der Waals surface area contributed by atoms with E-state index in [1.54, 1.807) is 0 Å². The van der Waals surface area contributed by atoms with Crippen LogP contribution in [0.4, 0.5) is 11.4 Å². The van der Waals surface area contributed by atoms with Crippen molar-refractivity contribution in [3.8, 4) is 0 Å². The van der Waals surface area contributed by atoms with Crippen molar-refractivity contribution in [2.45, 2.75) is 45.4 Å². The highest BCUT2D eigenvalue weighted by molar-refractivity contribution is 7.80.